The van der Waals surface area contributed by atoms with E-state index in [9.17, 15) is 4.79 Å². The molecule has 4 heteroatoms. The van der Waals surface area contributed by atoms with Gasteiger partial charge in [-0.2, -0.15) is 0 Å². The minimum absolute atomic E-state index is 0.0191. The number of carbonyl (C=O) groups excluding carboxylic acids is 1. The van der Waals surface area contributed by atoms with E-state index in [-0.39, 0.29) is 5.91 Å². The third-order valence-corrected chi connectivity index (χ3v) is 5.46. The van der Waals surface area contributed by atoms with Crippen LogP contribution in [-0.2, 0) is 0 Å². The molecule has 106 valence electrons. The van der Waals surface area contributed by atoms with Gasteiger partial charge < -0.3 is 15.8 Å². The Hall–Kier alpha value is -1.71. The van der Waals surface area contributed by atoms with Crippen LogP contribution >= 0.6 is 0 Å². The third kappa shape index (κ3) is 1.70. The largest absolute Gasteiger partial charge is 0.497 e. The number of carbonyl (C=O) groups is 1. The maximum Gasteiger partial charge on any atom is 0.251 e. The highest BCUT2D eigenvalue weighted by molar-refractivity contribution is 5.96. The second-order valence-electron chi connectivity index (χ2n) is 6.48. The van der Waals surface area contributed by atoms with Crippen LogP contribution in [0.25, 0.3) is 0 Å². The fraction of sp³-hybridized carbons (Fsp3) is 0.562. The van der Waals surface area contributed by atoms with Crippen molar-refractivity contribution in [3.8, 4) is 5.75 Å². The van der Waals surface area contributed by atoms with E-state index in [1.807, 2.05) is 0 Å². The van der Waals surface area contributed by atoms with Crippen molar-refractivity contribution in [2.75, 3.05) is 12.8 Å². The molecule has 2 bridgehead atoms. The van der Waals surface area contributed by atoms with Crippen molar-refractivity contribution in [3.63, 3.8) is 0 Å². The monoisotopic (exact) mass is 272 g/mol. The summed E-state index contributed by atoms with van der Waals surface area (Å²) < 4.78 is 5.17. The molecular formula is C16H20N2O2. The summed E-state index contributed by atoms with van der Waals surface area (Å²) in [5.41, 5.74) is 6.96. The van der Waals surface area contributed by atoms with Gasteiger partial charge in [0.25, 0.3) is 5.91 Å². The number of hydrogen-bond donors (Lipinski definition) is 2. The third-order valence-electron chi connectivity index (χ3n) is 5.46. The van der Waals surface area contributed by atoms with Gasteiger partial charge in [0.05, 0.1) is 7.11 Å². The number of amides is 1. The zero-order valence-corrected chi connectivity index (χ0v) is 11.6. The predicted octanol–water partition coefficient (Wildman–Crippen LogP) is 2.05. The van der Waals surface area contributed by atoms with E-state index in [1.165, 1.54) is 19.3 Å². The number of fused-ring (bicyclic) bond motifs is 5. The number of nitrogen functional groups attached to an aromatic ring is 1. The van der Waals surface area contributed by atoms with Gasteiger partial charge >= 0.3 is 0 Å². The molecule has 4 nitrogen and oxygen atoms in total. The smallest absolute Gasteiger partial charge is 0.251 e. The summed E-state index contributed by atoms with van der Waals surface area (Å²) in [6.07, 6.45) is 4.13. The van der Waals surface area contributed by atoms with Crippen LogP contribution in [0.5, 0.6) is 5.75 Å². The van der Waals surface area contributed by atoms with Crippen molar-refractivity contribution in [2.45, 2.75) is 25.3 Å². The molecular weight excluding hydrogens is 252 g/mol. The van der Waals surface area contributed by atoms with Crippen LogP contribution in [0.2, 0.25) is 0 Å². The molecule has 0 saturated heterocycles. The Morgan fingerprint density at radius 2 is 1.95 bits per heavy atom. The molecule has 3 fully saturated rings. The van der Waals surface area contributed by atoms with Crippen molar-refractivity contribution >= 4 is 11.6 Å². The van der Waals surface area contributed by atoms with Gasteiger partial charge in [-0.15, -0.1) is 0 Å². The van der Waals surface area contributed by atoms with E-state index in [2.05, 4.69) is 5.32 Å². The van der Waals surface area contributed by atoms with Crippen molar-refractivity contribution in [2.24, 2.45) is 23.7 Å². The number of anilines is 1. The summed E-state index contributed by atoms with van der Waals surface area (Å²) in [6, 6.07) is 5.59. The number of hydrogen-bond acceptors (Lipinski definition) is 3. The van der Waals surface area contributed by atoms with Crippen molar-refractivity contribution in [1.29, 1.82) is 0 Å². The van der Waals surface area contributed by atoms with Gasteiger partial charge in [0.1, 0.15) is 5.75 Å². The fourth-order valence-corrected chi connectivity index (χ4v) is 4.62. The van der Waals surface area contributed by atoms with E-state index in [0.717, 1.165) is 23.7 Å². The Kier molecular flexibility index (Phi) is 2.50. The van der Waals surface area contributed by atoms with E-state index >= 15 is 0 Å². The number of rotatable bonds is 3. The first-order valence-electron chi connectivity index (χ1n) is 7.43. The number of ether oxygens (including phenoxy) is 1. The molecule has 0 aromatic heterocycles. The first-order chi connectivity index (χ1) is 9.67. The molecule has 1 aromatic carbocycles. The van der Waals surface area contributed by atoms with Gasteiger partial charge in [0.2, 0.25) is 0 Å². The summed E-state index contributed by atoms with van der Waals surface area (Å²) in [7, 11) is 1.58. The maximum absolute atomic E-state index is 12.4. The Labute approximate surface area is 118 Å². The Balaban J connectivity index is 1.48. The van der Waals surface area contributed by atoms with Gasteiger partial charge in [-0.1, -0.05) is 0 Å². The van der Waals surface area contributed by atoms with Crippen molar-refractivity contribution in [3.05, 3.63) is 23.8 Å². The minimum Gasteiger partial charge on any atom is -0.497 e. The predicted molar refractivity (Wildman–Crippen MR) is 76.5 cm³/mol. The molecule has 4 rings (SSSR count). The number of nitrogens with one attached hydrogen (secondary N) is 1. The SMILES string of the molecule is COc1cc(N)cc(C(=O)NC2C3C4CCC(C4)C23)c1. The molecule has 0 aliphatic heterocycles. The van der Waals surface area contributed by atoms with Crippen molar-refractivity contribution in [1.82, 2.24) is 5.32 Å². The zero-order chi connectivity index (χ0) is 13.9. The molecule has 3 aliphatic rings. The lowest BCUT2D eigenvalue weighted by molar-refractivity contribution is 0.0944. The maximum atomic E-state index is 12.4. The van der Waals surface area contributed by atoms with Crippen LogP contribution in [0.4, 0.5) is 5.69 Å². The first kappa shape index (κ1) is 12.1. The summed E-state index contributed by atoms with van der Waals surface area (Å²) in [4.78, 5) is 12.4. The van der Waals surface area contributed by atoms with Gasteiger partial charge in [-0.3, -0.25) is 4.79 Å². The zero-order valence-electron chi connectivity index (χ0n) is 11.6. The van der Waals surface area contributed by atoms with Crippen LogP contribution in [-0.4, -0.2) is 19.1 Å². The van der Waals surface area contributed by atoms with Gasteiger partial charge in [0.15, 0.2) is 0 Å². The minimum atomic E-state index is -0.0191. The van der Waals surface area contributed by atoms with Crippen LogP contribution in [0.15, 0.2) is 18.2 Å². The Morgan fingerprint density at radius 3 is 2.60 bits per heavy atom. The number of nitrogens with two attached hydrogens (primary N) is 1. The molecule has 1 amide bonds. The van der Waals surface area contributed by atoms with Crippen LogP contribution in [0.1, 0.15) is 29.6 Å². The molecule has 0 heterocycles. The summed E-state index contributed by atoms with van der Waals surface area (Å²) in [5.74, 6) is 3.85. The molecule has 3 aliphatic carbocycles. The van der Waals surface area contributed by atoms with E-state index in [1.54, 1.807) is 25.3 Å². The lowest BCUT2D eigenvalue weighted by atomic mass is 10.0. The Bertz CT molecular complexity index is 556. The van der Waals surface area contributed by atoms with Crippen LogP contribution in [0.3, 0.4) is 0 Å². The molecule has 20 heavy (non-hydrogen) atoms. The lowest BCUT2D eigenvalue weighted by Gasteiger charge is -2.11. The van der Waals surface area contributed by atoms with E-state index < -0.39 is 0 Å². The summed E-state index contributed by atoms with van der Waals surface area (Å²) in [5, 5.41) is 3.20. The lowest BCUT2D eigenvalue weighted by Crippen LogP contribution is -2.30. The van der Waals surface area contributed by atoms with E-state index in [4.69, 9.17) is 10.5 Å². The van der Waals surface area contributed by atoms with Crippen LogP contribution < -0.4 is 15.8 Å². The highest BCUT2D eigenvalue weighted by Crippen LogP contribution is 2.65. The molecule has 3 N–H and O–H groups in total. The van der Waals surface area contributed by atoms with Gasteiger partial charge in [-0.25, -0.2) is 0 Å². The average molecular weight is 272 g/mol. The highest BCUT2D eigenvalue weighted by Gasteiger charge is 2.65. The second-order valence-corrected chi connectivity index (χ2v) is 6.48. The van der Waals surface area contributed by atoms with E-state index in [0.29, 0.717) is 23.0 Å². The average Bonchev–Trinajstić information content (AvgIpc) is 2.84. The highest BCUT2D eigenvalue weighted by atomic mass is 16.5. The summed E-state index contributed by atoms with van der Waals surface area (Å²) >= 11 is 0. The molecule has 0 spiro atoms. The molecule has 0 radical (unpaired) electrons. The molecule has 4 atom stereocenters. The molecule has 3 saturated carbocycles. The second kappa shape index (κ2) is 4.14. The topological polar surface area (TPSA) is 64.3 Å². The molecule has 4 unspecified atom stereocenters. The standard InChI is InChI=1S/C16H20N2O2/c1-20-12-6-10(5-11(17)7-12)16(19)18-15-13-8-2-3-9(4-8)14(13)15/h5-9,13-15H,2-4,17H2,1H3,(H,18,19). The van der Waals surface area contributed by atoms with Crippen molar-refractivity contribution < 1.29 is 9.53 Å². The van der Waals surface area contributed by atoms with Gasteiger partial charge in [0, 0.05) is 23.4 Å². The Morgan fingerprint density at radius 1 is 1.25 bits per heavy atom. The number of methoxy groups -OCH3 is 1. The van der Waals surface area contributed by atoms with Gasteiger partial charge in [-0.05, 0) is 55.1 Å². The quantitative estimate of drug-likeness (QED) is 0.828. The first-order valence-corrected chi connectivity index (χ1v) is 7.43. The normalized spacial score (nSPS) is 36.5. The molecule has 1 aromatic rings. The summed E-state index contributed by atoms with van der Waals surface area (Å²) in [6.45, 7) is 0. The number of benzene rings is 1. The van der Waals surface area contributed by atoms with Crippen LogP contribution in [0, 0.1) is 23.7 Å². The fourth-order valence-electron chi connectivity index (χ4n) is 4.62.